The maximum atomic E-state index is 14.0. The summed E-state index contributed by atoms with van der Waals surface area (Å²) < 4.78 is 15.6. The van der Waals surface area contributed by atoms with Crippen LogP contribution in [0.15, 0.2) is 47.3 Å². The van der Waals surface area contributed by atoms with Gasteiger partial charge in [0.25, 0.3) is 5.91 Å². The van der Waals surface area contributed by atoms with E-state index in [1.165, 1.54) is 6.07 Å². The molecule has 1 fully saturated rings. The fraction of sp³-hybridized carbons (Fsp3) is 0.286. The molecule has 0 spiro atoms. The van der Waals surface area contributed by atoms with E-state index >= 15 is 0 Å². The van der Waals surface area contributed by atoms with Crippen molar-refractivity contribution in [2.45, 2.75) is 6.92 Å². The SMILES string of the molecule is Cc1ccc2c(c1)c(=O)c(C(=O)N1CCN(c3ccccc3F)CC1)nn2C. The molecule has 1 amide bonds. The zero-order valence-corrected chi connectivity index (χ0v) is 15.9. The zero-order valence-electron chi connectivity index (χ0n) is 15.9. The lowest BCUT2D eigenvalue weighted by Gasteiger charge is -2.36. The molecule has 2 aromatic carbocycles. The summed E-state index contributed by atoms with van der Waals surface area (Å²) in [5.41, 5.74) is 1.76. The van der Waals surface area contributed by atoms with Gasteiger partial charge in [0, 0.05) is 33.2 Å². The number of hydrogen-bond donors (Lipinski definition) is 0. The minimum Gasteiger partial charge on any atom is -0.366 e. The van der Waals surface area contributed by atoms with Crippen LogP contribution in [0.3, 0.4) is 0 Å². The summed E-state index contributed by atoms with van der Waals surface area (Å²) in [7, 11) is 1.73. The second-order valence-electron chi connectivity index (χ2n) is 7.05. The summed E-state index contributed by atoms with van der Waals surface area (Å²) in [5, 5.41) is 4.73. The normalized spacial score (nSPS) is 14.5. The molecule has 1 aromatic heterocycles. The fourth-order valence-electron chi connectivity index (χ4n) is 3.64. The van der Waals surface area contributed by atoms with E-state index in [2.05, 4.69) is 5.10 Å². The van der Waals surface area contributed by atoms with E-state index in [0.717, 1.165) is 5.56 Å². The third-order valence-electron chi connectivity index (χ3n) is 5.17. The van der Waals surface area contributed by atoms with Crippen molar-refractivity contribution < 1.29 is 9.18 Å². The number of amides is 1. The first kappa shape index (κ1) is 18.2. The average Bonchev–Trinajstić information content (AvgIpc) is 2.70. The highest BCUT2D eigenvalue weighted by molar-refractivity contribution is 5.95. The van der Waals surface area contributed by atoms with Crippen LogP contribution in [0.4, 0.5) is 10.1 Å². The van der Waals surface area contributed by atoms with Gasteiger partial charge < -0.3 is 9.80 Å². The van der Waals surface area contributed by atoms with Crippen molar-refractivity contribution in [2.75, 3.05) is 31.1 Å². The van der Waals surface area contributed by atoms with E-state index in [0.29, 0.717) is 42.8 Å². The van der Waals surface area contributed by atoms with Crippen LogP contribution in [0.5, 0.6) is 0 Å². The lowest BCUT2D eigenvalue weighted by atomic mass is 10.1. The summed E-state index contributed by atoms with van der Waals surface area (Å²) in [6, 6.07) is 12.1. The van der Waals surface area contributed by atoms with Gasteiger partial charge in [-0.1, -0.05) is 23.8 Å². The Kier molecular flexibility index (Phi) is 4.58. The van der Waals surface area contributed by atoms with Crippen molar-refractivity contribution in [1.82, 2.24) is 14.7 Å². The van der Waals surface area contributed by atoms with Crippen LogP contribution >= 0.6 is 0 Å². The quantitative estimate of drug-likeness (QED) is 0.685. The van der Waals surface area contributed by atoms with Crippen molar-refractivity contribution in [2.24, 2.45) is 7.05 Å². The van der Waals surface area contributed by atoms with Gasteiger partial charge in [0.05, 0.1) is 16.6 Å². The number of benzene rings is 2. The molecule has 1 aliphatic rings. The number of fused-ring (bicyclic) bond motifs is 1. The zero-order chi connectivity index (χ0) is 19.8. The molecule has 0 saturated carbocycles. The molecule has 0 aliphatic carbocycles. The summed E-state index contributed by atoms with van der Waals surface area (Å²) in [6.45, 7) is 3.72. The molecule has 7 heteroatoms. The van der Waals surface area contributed by atoms with Crippen molar-refractivity contribution >= 4 is 22.5 Å². The minimum atomic E-state index is -0.378. The van der Waals surface area contributed by atoms with Gasteiger partial charge in [-0.15, -0.1) is 0 Å². The van der Waals surface area contributed by atoms with E-state index in [4.69, 9.17) is 0 Å². The van der Waals surface area contributed by atoms with E-state index in [1.807, 2.05) is 24.0 Å². The van der Waals surface area contributed by atoms with Gasteiger partial charge in [-0.3, -0.25) is 14.3 Å². The number of aryl methyl sites for hydroxylation is 2. The van der Waals surface area contributed by atoms with E-state index in [-0.39, 0.29) is 22.8 Å². The van der Waals surface area contributed by atoms with Crippen LogP contribution in [0.1, 0.15) is 16.1 Å². The maximum Gasteiger partial charge on any atom is 0.278 e. The second-order valence-corrected chi connectivity index (χ2v) is 7.05. The fourth-order valence-corrected chi connectivity index (χ4v) is 3.64. The first-order valence-corrected chi connectivity index (χ1v) is 9.22. The third-order valence-corrected chi connectivity index (χ3v) is 5.17. The highest BCUT2D eigenvalue weighted by Gasteiger charge is 2.27. The predicted octanol–water partition coefficient (Wildman–Crippen LogP) is 2.34. The van der Waals surface area contributed by atoms with Crippen LogP contribution in [0.25, 0.3) is 10.9 Å². The predicted molar refractivity (Wildman–Crippen MR) is 106 cm³/mol. The Morgan fingerprint density at radius 1 is 1.07 bits per heavy atom. The van der Waals surface area contributed by atoms with Gasteiger partial charge in [-0.25, -0.2) is 4.39 Å². The van der Waals surface area contributed by atoms with Gasteiger partial charge in [0.15, 0.2) is 5.69 Å². The van der Waals surface area contributed by atoms with Crippen LogP contribution in [0, 0.1) is 12.7 Å². The summed E-state index contributed by atoms with van der Waals surface area (Å²) in [5.74, 6) is -0.653. The van der Waals surface area contributed by atoms with Crippen molar-refractivity contribution in [3.63, 3.8) is 0 Å². The molecule has 4 rings (SSSR count). The largest absolute Gasteiger partial charge is 0.366 e. The molecule has 0 bridgehead atoms. The number of rotatable bonds is 2. The monoisotopic (exact) mass is 380 g/mol. The van der Waals surface area contributed by atoms with Gasteiger partial charge in [-0.2, -0.15) is 5.10 Å². The first-order valence-electron chi connectivity index (χ1n) is 9.22. The number of piperazine rings is 1. The Morgan fingerprint density at radius 2 is 1.79 bits per heavy atom. The third kappa shape index (κ3) is 3.13. The first-order chi connectivity index (χ1) is 13.5. The molecule has 2 heterocycles. The highest BCUT2D eigenvalue weighted by Crippen LogP contribution is 2.20. The molecular weight excluding hydrogens is 359 g/mol. The van der Waals surface area contributed by atoms with Crippen LogP contribution in [-0.4, -0.2) is 46.8 Å². The Labute approximate surface area is 161 Å². The van der Waals surface area contributed by atoms with Crippen molar-refractivity contribution in [1.29, 1.82) is 0 Å². The lowest BCUT2D eigenvalue weighted by Crippen LogP contribution is -2.50. The number of carbonyl (C=O) groups excluding carboxylic acids is 1. The maximum absolute atomic E-state index is 14.0. The average molecular weight is 380 g/mol. The summed E-state index contributed by atoms with van der Waals surface area (Å²) >= 11 is 0. The molecule has 3 aromatic rings. The number of aromatic nitrogens is 2. The standard InChI is InChI=1S/C21H21FN4O2/c1-14-7-8-17-15(13-14)20(27)19(23-24(17)2)21(28)26-11-9-25(10-12-26)18-6-4-3-5-16(18)22/h3-8,13H,9-12H2,1-2H3. The Morgan fingerprint density at radius 3 is 2.50 bits per heavy atom. The molecule has 0 atom stereocenters. The Balaban J connectivity index is 1.59. The van der Waals surface area contributed by atoms with E-state index < -0.39 is 0 Å². The topological polar surface area (TPSA) is 58.4 Å². The van der Waals surface area contributed by atoms with Gasteiger partial charge in [0.2, 0.25) is 5.43 Å². The number of anilines is 1. The molecule has 1 saturated heterocycles. The Hall–Kier alpha value is -3.22. The van der Waals surface area contributed by atoms with Crippen LogP contribution < -0.4 is 10.3 Å². The van der Waals surface area contributed by atoms with E-state index in [9.17, 15) is 14.0 Å². The number of nitrogens with zero attached hydrogens (tertiary/aromatic N) is 4. The molecule has 0 radical (unpaired) electrons. The van der Waals surface area contributed by atoms with Gasteiger partial charge >= 0.3 is 0 Å². The number of carbonyl (C=O) groups is 1. The second kappa shape index (κ2) is 7.07. The molecule has 28 heavy (non-hydrogen) atoms. The summed E-state index contributed by atoms with van der Waals surface area (Å²) in [6.07, 6.45) is 0. The molecule has 0 N–H and O–H groups in total. The van der Waals surface area contributed by atoms with Crippen LogP contribution in [-0.2, 0) is 7.05 Å². The smallest absolute Gasteiger partial charge is 0.278 e. The Bertz CT molecular complexity index is 1120. The number of para-hydroxylation sites is 1. The molecule has 6 nitrogen and oxygen atoms in total. The molecule has 144 valence electrons. The number of hydrogen-bond acceptors (Lipinski definition) is 4. The molecule has 1 aliphatic heterocycles. The van der Waals surface area contributed by atoms with E-state index in [1.54, 1.807) is 40.9 Å². The highest BCUT2D eigenvalue weighted by atomic mass is 19.1. The van der Waals surface area contributed by atoms with Gasteiger partial charge in [0.1, 0.15) is 5.82 Å². The number of halogens is 1. The van der Waals surface area contributed by atoms with Crippen molar-refractivity contribution in [3.8, 4) is 0 Å². The van der Waals surface area contributed by atoms with Crippen molar-refractivity contribution in [3.05, 3.63) is 69.8 Å². The lowest BCUT2D eigenvalue weighted by molar-refractivity contribution is 0.0737. The summed E-state index contributed by atoms with van der Waals surface area (Å²) in [4.78, 5) is 29.4. The van der Waals surface area contributed by atoms with Gasteiger partial charge in [-0.05, 0) is 31.2 Å². The van der Waals surface area contributed by atoms with Crippen LogP contribution in [0.2, 0.25) is 0 Å². The molecule has 0 unspecified atom stereocenters. The minimum absolute atomic E-state index is 0.0695. The molecular formula is C21H21FN4O2.